The average molecular weight is 263 g/mol. The highest BCUT2D eigenvalue weighted by molar-refractivity contribution is 5.30. The van der Waals surface area contributed by atoms with Crippen LogP contribution in [0.25, 0.3) is 0 Å². The molecule has 0 spiro atoms. The molecule has 0 aliphatic carbocycles. The summed E-state index contributed by atoms with van der Waals surface area (Å²) >= 11 is 0. The highest BCUT2D eigenvalue weighted by Gasteiger charge is 2.14. The maximum atomic E-state index is 13.5. The molecule has 0 aliphatic rings. The van der Waals surface area contributed by atoms with Crippen LogP contribution in [0, 0.1) is 11.6 Å². The van der Waals surface area contributed by atoms with Crippen LogP contribution in [0.3, 0.4) is 0 Å². The van der Waals surface area contributed by atoms with Gasteiger partial charge in [-0.3, -0.25) is 0 Å². The van der Waals surface area contributed by atoms with E-state index in [1.165, 1.54) is 18.2 Å². The Morgan fingerprint density at radius 1 is 1.05 bits per heavy atom. The minimum Gasteiger partial charge on any atom is -0.497 e. The number of halogens is 2. The molecule has 2 aromatic rings. The number of hydrogen-bond acceptors (Lipinski definition) is 2. The molecule has 2 nitrogen and oxygen atoms in total. The third-order valence-corrected chi connectivity index (χ3v) is 3.03. The monoisotopic (exact) mass is 263 g/mol. The molecule has 4 heteroatoms. The summed E-state index contributed by atoms with van der Waals surface area (Å²) in [6.07, 6.45) is 0.116. The van der Waals surface area contributed by atoms with Crippen LogP contribution in [-0.4, -0.2) is 7.11 Å². The number of ether oxygens (including phenoxy) is 1. The lowest BCUT2D eigenvalue weighted by Crippen LogP contribution is -2.15. The van der Waals surface area contributed by atoms with Gasteiger partial charge in [0.15, 0.2) is 0 Å². The normalized spacial score (nSPS) is 12.2. The lowest BCUT2D eigenvalue weighted by Gasteiger charge is -2.13. The van der Waals surface area contributed by atoms with E-state index in [1.54, 1.807) is 31.4 Å². The first-order valence-electron chi connectivity index (χ1n) is 5.94. The van der Waals surface area contributed by atoms with Crippen molar-refractivity contribution in [2.24, 2.45) is 5.73 Å². The van der Waals surface area contributed by atoms with Gasteiger partial charge in [-0.15, -0.1) is 0 Å². The molecule has 0 saturated heterocycles. The van der Waals surface area contributed by atoms with Gasteiger partial charge in [0, 0.05) is 11.6 Å². The van der Waals surface area contributed by atoms with Gasteiger partial charge in [0.1, 0.15) is 17.4 Å². The summed E-state index contributed by atoms with van der Waals surface area (Å²) in [4.78, 5) is 0. The van der Waals surface area contributed by atoms with E-state index in [0.717, 1.165) is 5.56 Å². The molecule has 2 rings (SSSR count). The highest BCUT2D eigenvalue weighted by atomic mass is 19.1. The fourth-order valence-electron chi connectivity index (χ4n) is 1.92. The molecule has 0 bridgehead atoms. The van der Waals surface area contributed by atoms with Crippen LogP contribution in [0.1, 0.15) is 17.2 Å². The van der Waals surface area contributed by atoms with Crippen molar-refractivity contribution in [3.05, 3.63) is 65.2 Å². The van der Waals surface area contributed by atoms with Crippen LogP contribution in [0.2, 0.25) is 0 Å². The predicted octanol–water partition coefficient (Wildman–Crippen LogP) is 3.22. The van der Waals surface area contributed by atoms with E-state index in [4.69, 9.17) is 10.5 Å². The highest BCUT2D eigenvalue weighted by Crippen LogP contribution is 2.22. The zero-order valence-corrected chi connectivity index (χ0v) is 10.6. The molecular weight excluding hydrogens is 248 g/mol. The topological polar surface area (TPSA) is 35.2 Å². The average Bonchev–Trinajstić information content (AvgIpc) is 2.43. The zero-order valence-electron chi connectivity index (χ0n) is 10.6. The zero-order chi connectivity index (χ0) is 13.8. The van der Waals surface area contributed by atoms with Crippen LogP contribution < -0.4 is 10.5 Å². The SMILES string of the molecule is COc1ccc(C(N)Cc2c(F)cccc2F)cc1. The summed E-state index contributed by atoms with van der Waals surface area (Å²) < 4.78 is 32.1. The second kappa shape index (κ2) is 5.80. The smallest absolute Gasteiger partial charge is 0.129 e. The standard InChI is InChI=1S/C15H15F2NO/c1-19-11-7-5-10(6-8-11)15(18)9-12-13(16)3-2-4-14(12)17/h2-8,15H,9,18H2,1H3. The summed E-state index contributed by atoms with van der Waals surface area (Å²) in [5, 5.41) is 0. The third-order valence-electron chi connectivity index (χ3n) is 3.03. The van der Waals surface area contributed by atoms with Crippen molar-refractivity contribution in [2.45, 2.75) is 12.5 Å². The maximum absolute atomic E-state index is 13.5. The van der Waals surface area contributed by atoms with E-state index in [9.17, 15) is 8.78 Å². The molecule has 0 radical (unpaired) electrons. The molecular formula is C15H15F2NO. The lowest BCUT2D eigenvalue weighted by molar-refractivity contribution is 0.414. The minimum absolute atomic E-state index is 0.0193. The number of hydrogen-bond donors (Lipinski definition) is 1. The number of methoxy groups -OCH3 is 1. The van der Waals surface area contributed by atoms with Crippen molar-refractivity contribution < 1.29 is 13.5 Å². The molecule has 19 heavy (non-hydrogen) atoms. The van der Waals surface area contributed by atoms with Crippen LogP contribution in [0.15, 0.2) is 42.5 Å². The van der Waals surface area contributed by atoms with E-state index >= 15 is 0 Å². The van der Waals surface area contributed by atoms with Crippen LogP contribution in [-0.2, 0) is 6.42 Å². The van der Waals surface area contributed by atoms with Crippen LogP contribution in [0.5, 0.6) is 5.75 Å². The first-order valence-corrected chi connectivity index (χ1v) is 5.94. The van der Waals surface area contributed by atoms with E-state index in [1.807, 2.05) is 0 Å². The maximum Gasteiger partial charge on any atom is 0.129 e. The Morgan fingerprint density at radius 2 is 1.63 bits per heavy atom. The summed E-state index contributed by atoms with van der Waals surface area (Å²) in [5.74, 6) is -0.416. The molecule has 0 heterocycles. The molecule has 0 fully saturated rings. The van der Waals surface area contributed by atoms with Gasteiger partial charge in [-0.25, -0.2) is 8.78 Å². The van der Waals surface area contributed by atoms with E-state index < -0.39 is 17.7 Å². The van der Waals surface area contributed by atoms with Gasteiger partial charge >= 0.3 is 0 Å². The first-order chi connectivity index (χ1) is 9.11. The largest absolute Gasteiger partial charge is 0.497 e. The molecule has 0 aliphatic heterocycles. The van der Waals surface area contributed by atoms with Gasteiger partial charge in [0.25, 0.3) is 0 Å². The molecule has 1 unspecified atom stereocenters. The molecule has 100 valence electrons. The predicted molar refractivity (Wildman–Crippen MR) is 70.0 cm³/mol. The summed E-state index contributed by atoms with van der Waals surface area (Å²) in [6, 6.07) is 10.5. The minimum atomic E-state index is -0.566. The van der Waals surface area contributed by atoms with Gasteiger partial charge in [-0.1, -0.05) is 18.2 Å². The summed E-state index contributed by atoms with van der Waals surface area (Å²) in [6.45, 7) is 0. The Bertz CT molecular complexity index is 534. The Hall–Kier alpha value is -1.94. The fourth-order valence-corrected chi connectivity index (χ4v) is 1.92. The molecule has 0 aromatic heterocycles. The second-order valence-corrected chi connectivity index (χ2v) is 4.28. The molecule has 0 amide bonds. The fraction of sp³-hybridized carbons (Fsp3) is 0.200. The Morgan fingerprint density at radius 3 is 2.16 bits per heavy atom. The Labute approximate surface area is 110 Å². The van der Waals surface area contributed by atoms with Gasteiger partial charge in [0.2, 0.25) is 0 Å². The molecule has 2 aromatic carbocycles. The van der Waals surface area contributed by atoms with Crippen molar-refractivity contribution in [2.75, 3.05) is 7.11 Å². The van der Waals surface area contributed by atoms with Gasteiger partial charge in [-0.05, 0) is 36.2 Å². The first kappa shape index (κ1) is 13.5. The lowest BCUT2D eigenvalue weighted by atomic mass is 9.99. The molecule has 2 N–H and O–H groups in total. The van der Waals surface area contributed by atoms with Gasteiger partial charge in [-0.2, -0.15) is 0 Å². The van der Waals surface area contributed by atoms with Crippen molar-refractivity contribution >= 4 is 0 Å². The Balaban J connectivity index is 2.18. The third kappa shape index (κ3) is 3.09. The van der Waals surface area contributed by atoms with Crippen LogP contribution >= 0.6 is 0 Å². The van der Waals surface area contributed by atoms with Crippen molar-refractivity contribution in [3.63, 3.8) is 0 Å². The Kier molecular flexibility index (Phi) is 4.12. The summed E-state index contributed by atoms with van der Waals surface area (Å²) in [5.41, 5.74) is 6.81. The van der Waals surface area contributed by atoms with E-state index in [2.05, 4.69) is 0 Å². The number of benzene rings is 2. The van der Waals surface area contributed by atoms with Crippen LogP contribution in [0.4, 0.5) is 8.78 Å². The van der Waals surface area contributed by atoms with E-state index in [-0.39, 0.29) is 12.0 Å². The molecule has 1 atom stereocenters. The number of rotatable bonds is 4. The van der Waals surface area contributed by atoms with E-state index in [0.29, 0.717) is 5.75 Å². The second-order valence-electron chi connectivity index (χ2n) is 4.28. The van der Waals surface area contributed by atoms with Crippen molar-refractivity contribution in [3.8, 4) is 5.75 Å². The molecule has 0 saturated carbocycles. The quantitative estimate of drug-likeness (QED) is 0.919. The van der Waals surface area contributed by atoms with Crippen molar-refractivity contribution in [1.29, 1.82) is 0 Å². The number of nitrogens with two attached hydrogens (primary N) is 1. The van der Waals surface area contributed by atoms with Gasteiger partial charge in [0.05, 0.1) is 7.11 Å². The van der Waals surface area contributed by atoms with Crippen molar-refractivity contribution in [1.82, 2.24) is 0 Å². The summed E-state index contributed by atoms with van der Waals surface area (Å²) in [7, 11) is 1.57. The van der Waals surface area contributed by atoms with Gasteiger partial charge < -0.3 is 10.5 Å².